The Balaban J connectivity index is 0.00000392. The highest BCUT2D eigenvalue weighted by Crippen LogP contribution is 2.27. The van der Waals surface area contributed by atoms with Gasteiger partial charge in [0, 0.05) is 17.3 Å². The van der Waals surface area contributed by atoms with E-state index in [-0.39, 0.29) is 34.6 Å². The number of carbonyl (C=O) groups is 2. The zero-order valence-corrected chi connectivity index (χ0v) is 17.6. The van der Waals surface area contributed by atoms with E-state index in [0.29, 0.717) is 22.8 Å². The number of hydrogen-bond acceptors (Lipinski definition) is 4. The van der Waals surface area contributed by atoms with Gasteiger partial charge in [0.1, 0.15) is 5.75 Å². The van der Waals surface area contributed by atoms with Crippen molar-refractivity contribution in [2.24, 2.45) is 0 Å². The van der Waals surface area contributed by atoms with Crippen molar-refractivity contribution in [1.82, 2.24) is 5.32 Å². The molecule has 0 aromatic heterocycles. The van der Waals surface area contributed by atoms with Gasteiger partial charge >= 0.3 is 6.03 Å². The van der Waals surface area contributed by atoms with Crippen LogP contribution in [0.15, 0.2) is 36.4 Å². The van der Waals surface area contributed by atoms with Gasteiger partial charge in [-0.3, -0.25) is 4.79 Å². The lowest BCUT2D eigenvalue weighted by molar-refractivity contribution is 0.102. The molecule has 0 bridgehead atoms. The van der Waals surface area contributed by atoms with Gasteiger partial charge in [-0.25, -0.2) is 4.79 Å². The second-order valence-electron chi connectivity index (χ2n) is 6.93. The number of rotatable bonds is 4. The summed E-state index contributed by atoms with van der Waals surface area (Å²) in [7, 11) is 1.52. The quantitative estimate of drug-likeness (QED) is 0.538. The molecular formula is C19H24Cl2N4O3. The SMILES string of the molecule is COc1ccc(N)c(NC(=O)c2cc(NC(=O)NC(C)(C)C)ccc2Cl)c1.Cl. The number of halogens is 2. The van der Waals surface area contributed by atoms with Crippen molar-refractivity contribution in [3.8, 4) is 5.75 Å². The molecule has 3 amide bonds. The Kier molecular flexibility index (Phi) is 7.96. The third-order valence-electron chi connectivity index (χ3n) is 3.47. The molecule has 0 aliphatic carbocycles. The first-order valence-electron chi connectivity index (χ1n) is 8.22. The van der Waals surface area contributed by atoms with Gasteiger partial charge in [-0.05, 0) is 51.1 Å². The van der Waals surface area contributed by atoms with Crippen molar-refractivity contribution in [2.75, 3.05) is 23.5 Å². The van der Waals surface area contributed by atoms with Crippen LogP contribution in [-0.2, 0) is 0 Å². The summed E-state index contributed by atoms with van der Waals surface area (Å²) in [6.07, 6.45) is 0. The van der Waals surface area contributed by atoms with Gasteiger partial charge in [0.25, 0.3) is 5.91 Å². The standard InChI is InChI=1S/C19H23ClN4O3.ClH/c1-19(2,3)24-18(26)22-11-5-7-14(20)13(9-11)17(25)23-16-10-12(27-4)6-8-15(16)21;/h5-10H,21H2,1-4H3,(H,23,25)(H2,22,24,26);1H. The van der Waals surface area contributed by atoms with E-state index in [1.165, 1.54) is 19.2 Å². The summed E-state index contributed by atoms with van der Waals surface area (Å²) >= 11 is 6.15. The summed E-state index contributed by atoms with van der Waals surface area (Å²) in [5, 5.41) is 8.41. The molecule has 0 aliphatic rings. The number of hydrogen-bond donors (Lipinski definition) is 4. The predicted molar refractivity (Wildman–Crippen MR) is 116 cm³/mol. The van der Waals surface area contributed by atoms with Crippen molar-refractivity contribution < 1.29 is 14.3 Å². The number of carbonyl (C=O) groups excluding carboxylic acids is 2. The van der Waals surface area contributed by atoms with E-state index in [4.69, 9.17) is 22.1 Å². The normalized spacial score (nSPS) is 10.5. The summed E-state index contributed by atoms with van der Waals surface area (Å²) in [6, 6.07) is 9.20. The van der Waals surface area contributed by atoms with E-state index in [1.807, 2.05) is 20.8 Å². The fourth-order valence-corrected chi connectivity index (χ4v) is 2.44. The minimum Gasteiger partial charge on any atom is -0.497 e. The Labute approximate surface area is 175 Å². The van der Waals surface area contributed by atoms with Crippen LogP contribution in [0.3, 0.4) is 0 Å². The average Bonchev–Trinajstić information content (AvgIpc) is 2.56. The number of nitrogens with one attached hydrogen (secondary N) is 3. The minimum absolute atomic E-state index is 0. The fourth-order valence-electron chi connectivity index (χ4n) is 2.24. The van der Waals surface area contributed by atoms with Crippen LogP contribution in [0.5, 0.6) is 5.75 Å². The largest absolute Gasteiger partial charge is 0.497 e. The topological polar surface area (TPSA) is 105 Å². The first-order valence-corrected chi connectivity index (χ1v) is 8.60. The average molecular weight is 427 g/mol. The molecule has 0 unspecified atom stereocenters. The Morgan fingerprint density at radius 3 is 2.36 bits per heavy atom. The second-order valence-corrected chi connectivity index (χ2v) is 7.34. The number of methoxy groups -OCH3 is 1. The summed E-state index contributed by atoms with van der Waals surface area (Å²) in [6.45, 7) is 5.60. The predicted octanol–water partition coefficient (Wildman–Crippen LogP) is 4.52. The molecule has 9 heteroatoms. The molecule has 28 heavy (non-hydrogen) atoms. The van der Waals surface area contributed by atoms with Crippen molar-refractivity contribution >= 4 is 53.0 Å². The van der Waals surface area contributed by atoms with Crippen LogP contribution in [0.1, 0.15) is 31.1 Å². The van der Waals surface area contributed by atoms with E-state index in [2.05, 4.69) is 16.0 Å². The maximum Gasteiger partial charge on any atom is 0.319 e. The third kappa shape index (κ3) is 6.51. The Bertz CT molecular complexity index is 867. The van der Waals surface area contributed by atoms with E-state index >= 15 is 0 Å². The van der Waals surface area contributed by atoms with Crippen LogP contribution in [0, 0.1) is 0 Å². The molecule has 7 nitrogen and oxygen atoms in total. The molecule has 0 fully saturated rings. The van der Waals surface area contributed by atoms with Crippen LogP contribution in [0.25, 0.3) is 0 Å². The van der Waals surface area contributed by atoms with Crippen molar-refractivity contribution in [2.45, 2.75) is 26.3 Å². The molecule has 0 spiro atoms. The number of nitrogen functional groups attached to an aromatic ring is 1. The van der Waals surface area contributed by atoms with Crippen LogP contribution < -0.4 is 26.4 Å². The fraction of sp³-hybridized carbons (Fsp3) is 0.263. The molecule has 152 valence electrons. The summed E-state index contributed by atoms with van der Waals surface area (Å²) in [5.74, 6) is 0.0969. The number of urea groups is 1. The lowest BCUT2D eigenvalue weighted by Crippen LogP contribution is -2.43. The van der Waals surface area contributed by atoms with Gasteiger partial charge in [-0.2, -0.15) is 0 Å². The Morgan fingerprint density at radius 2 is 1.75 bits per heavy atom. The molecule has 2 aromatic rings. The number of ether oxygens (including phenoxy) is 1. The van der Waals surface area contributed by atoms with Crippen molar-refractivity contribution in [3.63, 3.8) is 0 Å². The van der Waals surface area contributed by atoms with E-state index in [0.717, 1.165) is 0 Å². The maximum atomic E-state index is 12.6. The molecular weight excluding hydrogens is 403 g/mol. The lowest BCUT2D eigenvalue weighted by Gasteiger charge is -2.21. The highest BCUT2D eigenvalue weighted by molar-refractivity contribution is 6.34. The van der Waals surface area contributed by atoms with E-state index in [1.54, 1.807) is 24.3 Å². The summed E-state index contributed by atoms with van der Waals surface area (Å²) in [4.78, 5) is 24.6. The van der Waals surface area contributed by atoms with Crippen LogP contribution in [0.2, 0.25) is 5.02 Å². The molecule has 0 aliphatic heterocycles. The number of benzene rings is 2. The molecule has 0 saturated heterocycles. The van der Waals surface area contributed by atoms with Crippen LogP contribution in [0.4, 0.5) is 21.9 Å². The first kappa shape index (κ1) is 23.4. The second kappa shape index (κ2) is 9.52. The van der Waals surface area contributed by atoms with Gasteiger partial charge in [0.15, 0.2) is 0 Å². The number of amides is 3. The maximum absolute atomic E-state index is 12.6. The van der Waals surface area contributed by atoms with Gasteiger partial charge < -0.3 is 26.4 Å². The van der Waals surface area contributed by atoms with Crippen molar-refractivity contribution in [1.29, 1.82) is 0 Å². The smallest absolute Gasteiger partial charge is 0.319 e. The summed E-state index contributed by atoms with van der Waals surface area (Å²) in [5.41, 5.74) is 6.93. The molecule has 0 saturated carbocycles. The lowest BCUT2D eigenvalue weighted by atomic mass is 10.1. The highest BCUT2D eigenvalue weighted by Gasteiger charge is 2.16. The van der Waals surface area contributed by atoms with Gasteiger partial charge in [-0.15, -0.1) is 12.4 Å². The monoisotopic (exact) mass is 426 g/mol. The minimum atomic E-state index is -0.458. The molecule has 2 rings (SSSR count). The van der Waals surface area contributed by atoms with Crippen molar-refractivity contribution in [3.05, 3.63) is 47.0 Å². The zero-order valence-electron chi connectivity index (χ0n) is 16.1. The van der Waals surface area contributed by atoms with E-state index < -0.39 is 5.91 Å². The molecule has 0 atom stereocenters. The Morgan fingerprint density at radius 1 is 1.07 bits per heavy atom. The van der Waals surface area contributed by atoms with Gasteiger partial charge in [0.05, 0.1) is 29.1 Å². The van der Waals surface area contributed by atoms with Gasteiger partial charge in [0.2, 0.25) is 0 Å². The first-order chi connectivity index (χ1) is 12.6. The molecule has 2 aromatic carbocycles. The number of anilines is 3. The van der Waals surface area contributed by atoms with Gasteiger partial charge in [-0.1, -0.05) is 11.6 Å². The molecule has 0 radical (unpaired) electrons. The third-order valence-corrected chi connectivity index (χ3v) is 3.80. The highest BCUT2D eigenvalue weighted by atomic mass is 35.5. The summed E-state index contributed by atoms with van der Waals surface area (Å²) < 4.78 is 5.14. The molecule has 5 N–H and O–H groups in total. The van der Waals surface area contributed by atoms with Crippen LogP contribution in [-0.4, -0.2) is 24.6 Å². The van der Waals surface area contributed by atoms with E-state index in [9.17, 15) is 9.59 Å². The van der Waals surface area contributed by atoms with Crippen LogP contribution >= 0.6 is 24.0 Å². The molecule has 0 heterocycles. The number of nitrogens with two attached hydrogens (primary N) is 1. The zero-order chi connectivity index (χ0) is 20.2. The Hall–Kier alpha value is -2.64.